The van der Waals surface area contributed by atoms with Gasteiger partial charge in [-0.15, -0.1) is 0 Å². The SMILES string of the molecule is O=c1[nH]cnn1-c1cccc(-c2ccc(-c3ncn[nH]3)cc2)c1. The summed E-state index contributed by atoms with van der Waals surface area (Å²) < 4.78 is 1.33. The van der Waals surface area contributed by atoms with Crippen LogP contribution in [0.5, 0.6) is 0 Å². The van der Waals surface area contributed by atoms with E-state index in [2.05, 4.69) is 25.3 Å². The Labute approximate surface area is 130 Å². The van der Waals surface area contributed by atoms with Crippen molar-refractivity contribution in [2.24, 2.45) is 0 Å². The summed E-state index contributed by atoms with van der Waals surface area (Å²) >= 11 is 0. The molecule has 0 spiro atoms. The van der Waals surface area contributed by atoms with E-state index in [0.717, 1.165) is 22.5 Å². The van der Waals surface area contributed by atoms with Gasteiger partial charge < -0.3 is 0 Å². The van der Waals surface area contributed by atoms with Gasteiger partial charge >= 0.3 is 5.69 Å². The molecule has 0 unspecified atom stereocenters. The first-order valence-electron chi connectivity index (χ1n) is 7.00. The Hall–Kier alpha value is -3.48. The predicted molar refractivity (Wildman–Crippen MR) is 85.0 cm³/mol. The summed E-state index contributed by atoms with van der Waals surface area (Å²) in [5.41, 5.74) is 3.46. The highest BCUT2D eigenvalue weighted by Gasteiger charge is 2.05. The van der Waals surface area contributed by atoms with Crippen LogP contribution >= 0.6 is 0 Å². The lowest BCUT2D eigenvalue weighted by atomic mass is 10.0. The quantitative estimate of drug-likeness (QED) is 0.605. The maximum atomic E-state index is 11.7. The number of rotatable bonds is 3. The summed E-state index contributed by atoms with van der Waals surface area (Å²) in [6, 6.07) is 15.6. The molecule has 23 heavy (non-hydrogen) atoms. The summed E-state index contributed by atoms with van der Waals surface area (Å²) in [4.78, 5) is 18.3. The van der Waals surface area contributed by atoms with Crippen molar-refractivity contribution in [1.29, 1.82) is 0 Å². The molecule has 0 aliphatic carbocycles. The molecule has 112 valence electrons. The first-order chi connectivity index (χ1) is 11.3. The Morgan fingerprint density at radius 2 is 1.78 bits per heavy atom. The van der Waals surface area contributed by atoms with E-state index in [9.17, 15) is 4.79 Å². The van der Waals surface area contributed by atoms with Crippen LogP contribution in [0.3, 0.4) is 0 Å². The van der Waals surface area contributed by atoms with Crippen molar-refractivity contribution >= 4 is 0 Å². The third-order valence-electron chi connectivity index (χ3n) is 3.55. The monoisotopic (exact) mass is 304 g/mol. The van der Waals surface area contributed by atoms with Crippen LogP contribution in [0, 0.1) is 0 Å². The Morgan fingerprint density at radius 1 is 0.957 bits per heavy atom. The third-order valence-corrected chi connectivity index (χ3v) is 3.55. The standard InChI is InChI=1S/C16H12N6O/c23-16-18-10-20-22(16)14-3-1-2-13(8-14)11-4-6-12(7-5-11)15-17-9-19-21-15/h1-10H,(H,17,19,21)(H,18,20,23). The van der Waals surface area contributed by atoms with Gasteiger partial charge in [-0.3, -0.25) is 10.1 Å². The maximum absolute atomic E-state index is 11.7. The molecule has 2 aromatic heterocycles. The second-order valence-electron chi connectivity index (χ2n) is 4.97. The van der Waals surface area contributed by atoms with Crippen molar-refractivity contribution in [1.82, 2.24) is 29.9 Å². The van der Waals surface area contributed by atoms with Crippen molar-refractivity contribution in [2.75, 3.05) is 0 Å². The molecule has 0 aliphatic heterocycles. The average Bonchev–Trinajstić information content (AvgIpc) is 3.27. The molecule has 0 atom stereocenters. The summed E-state index contributed by atoms with van der Waals surface area (Å²) in [6.45, 7) is 0. The van der Waals surface area contributed by atoms with E-state index in [4.69, 9.17) is 0 Å². The zero-order valence-electron chi connectivity index (χ0n) is 12.0. The molecule has 2 N–H and O–H groups in total. The number of benzene rings is 2. The van der Waals surface area contributed by atoms with E-state index >= 15 is 0 Å². The Morgan fingerprint density at radius 3 is 2.48 bits per heavy atom. The summed E-state index contributed by atoms with van der Waals surface area (Å²) in [7, 11) is 0. The van der Waals surface area contributed by atoms with Gasteiger partial charge in [0, 0.05) is 5.56 Å². The Kier molecular flexibility index (Phi) is 3.09. The minimum atomic E-state index is -0.261. The summed E-state index contributed by atoms with van der Waals surface area (Å²) in [5.74, 6) is 0.730. The number of aromatic amines is 2. The van der Waals surface area contributed by atoms with E-state index in [-0.39, 0.29) is 5.69 Å². The Bertz CT molecular complexity index is 982. The molecule has 0 fully saturated rings. The number of nitrogens with zero attached hydrogens (tertiary/aromatic N) is 4. The van der Waals surface area contributed by atoms with Crippen molar-refractivity contribution in [3.05, 3.63) is 71.7 Å². The number of hydrogen-bond donors (Lipinski definition) is 2. The Balaban J connectivity index is 1.71. The normalized spacial score (nSPS) is 10.8. The molecule has 4 aromatic rings. The first kappa shape index (κ1) is 13.2. The van der Waals surface area contributed by atoms with E-state index in [1.54, 1.807) is 0 Å². The van der Waals surface area contributed by atoms with E-state index in [0.29, 0.717) is 5.69 Å². The fourth-order valence-corrected chi connectivity index (χ4v) is 2.42. The first-order valence-corrected chi connectivity index (χ1v) is 7.00. The fourth-order valence-electron chi connectivity index (χ4n) is 2.42. The van der Waals surface area contributed by atoms with Gasteiger partial charge in [-0.05, 0) is 23.3 Å². The molecule has 0 saturated carbocycles. The minimum Gasteiger partial charge on any atom is -0.295 e. The fraction of sp³-hybridized carbons (Fsp3) is 0. The van der Waals surface area contributed by atoms with E-state index in [1.165, 1.54) is 17.3 Å². The molecule has 0 aliphatic rings. The minimum absolute atomic E-state index is 0.261. The summed E-state index contributed by atoms with van der Waals surface area (Å²) in [6.07, 6.45) is 2.86. The van der Waals surface area contributed by atoms with Gasteiger partial charge in [-0.25, -0.2) is 9.78 Å². The number of nitrogens with one attached hydrogen (secondary N) is 2. The third kappa shape index (κ3) is 2.44. The predicted octanol–water partition coefficient (Wildman–Crippen LogP) is 2.01. The molecule has 0 bridgehead atoms. The molecule has 2 aromatic carbocycles. The van der Waals surface area contributed by atoms with Gasteiger partial charge in [-0.1, -0.05) is 36.4 Å². The van der Waals surface area contributed by atoms with Crippen LogP contribution in [0.15, 0.2) is 66.0 Å². The second kappa shape index (κ2) is 5.38. The zero-order valence-corrected chi connectivity index (χ0v) is 12.0. The molecular formula is C16H12N6O. The molecule has 2 heterocycles. The van der Waals surface area contributed by atoms with E-state index < -0.39 is 0 Å². The molecule has 0 amide bonds. The van der Waals surface area contributed by atoms with Crippen LogP contribution in [-0.4, -0.2) is 29.9 Å². The van der Waals surface area contributed by atoms with Gasteiger partial charge in [-0.2, -0.15) is 14.9 Å². The van der Waals surface area contributed by atoms with Crippen LogP contribution in [-0.2, 0) is 0 Å². The molecular weight excluding hydrogens is 292 g/mol. The highest BCUT2D eigenvalue weighted by molar-refractivity contribution is 5.69. The lowest BCUT2D eigenvalue weighted by Gasteiger charge is -2.06. The smallest absolute Gasteiger partial charge is 0.295 e. The van der Waals surface area contributed by atoms with Crippen molar-refractivity contribution in [3.63, 3.8) is 0 Å². The van der Waals surface area contributed by atoms with E-state index in [1.807, 2.05) is 48.5 Å². The lowest BCUT2D eigenvalue weighted by molar-refractivity contribution is 0.843. The zero-order chi connectivity index (χ0) is 15.6. The molecule has 7 nitrogen and oxygen atoms in total. The highest BCUT2D eigenvalue weighted by atomic mass is 16.1. The lowest BCUT2D eigenvalue weighted by Crippen LogP contribution is -2.15. The number of aromatic nitrogens is 6. The number of hydrogen-bond acceptors (Lipinski definition) is 4. The molecule has 0 saturated heterocycles. The topological polar surface area (TPSA) is 92.2 Å². The van der Waals surface area contributed by atoms with Crippen LogP contribution in [0.2, 0.25) is 0 Å². The summed E-state index contributed by atoms with van der Waals surface area (Å²) in [5, 5.41) is 10.7. The van der Waals surface area contributed by atoms with Crippen LogP contribution in [0.25, 0.3) is 28.2 Å². The molecule has 0 radical (unpaired) electrons. The van der Waals surface area contributed by atoms with Gasteiger partial charge in [0.05, 0.1) is 5.69 Å². The molecule has 7 heteroatoms. The van der Waals surface area contributed by atoms with Crippen LogP contribution < -0.4 is 5.69 Å². The number of H-pyrrole nitrogens is 2. The van der Waals surface area contributed by atoms with Gasteiger partial charge in [0.25, 0.3) is 0 Å². The highest BCUT2D eigenvalue weighted by Crippen LogP contribution is 2.24. The second-order valence-corrected chi connectivity index (χ2v) is 4.97. The van der Waals surface area contributed by atoms with Gasteiger partial charge in [0.1, 0.15) is 12.7 Å². The van der Waals surface area contributed by atoms with Crippen LogP contribution in [0.4, 0.5) is 0 Å². The largest absolute Gasteiger partial charge is 0.347 e. The van der Waals surface area contributed by atoms with Gasteiger partial charge in [0.2, 0.25) is 0 Å². The van der Waals surface area contributed by atoms with Gasteiger partial charge in [0.15, 0.2) is 5.82 Å². The molecule has 4 rings (SSSR count). The average molecular weight is 304 g/mol. The van der Waals surface area contributed by atoms with Crippen molar-refractivity contribution in [2.45, 2.75) is 0 Å². The van der Waals surface area contributed by atoms with Crippen LogP contribution in [0.1, 0.15) is 0 Å². The van der Waals surface area contributed by atoms with Crippen molar-refractivity contribution < 1.29 is 0 Å². The van der Waals surface area contributed by atoms with Crippen molar-refractivity contribution in [3.8, 4) is 28.2 Å². The maximum Gasteiger partial charge on any atom is 0.347 e.